The fourth-order valence-electron chi connectivity index (χ4n) is 2.23. The number of rotatable bonds is 3. The number of amides is 2. The number of likely N-dealkylation sites (tertiary alicyclic amines) is 1. The highest BCUT2D eigenvalue weighted by atomic mass is 35.5. The first-order chi connectivity index (χ1) is 9.56. The lowest BCUT2D eigenvalue weighted by atomic mass is 9.96. The molecule has 0 unspecified atom stereocenters. The number of nitrogens with zero attached hydrogens (tertiary/aromatic N) is 1. The molecule has 0 radical (unpaired) electrons. The van der Waals surface area contributed by atoms with Gasteiger partial charge in [0, 0.05) is 30.1 Å². The molecule has 1 aliphatic rings. The monoisotopic (exact) mass is 292 g/mol. The summed E-state index contributed by atoms with van der Waals surface area (Å²) >= 11 is 5.80. The van der Waals surface area contributed by atoms with Crippen molar-refractivity contribution in [2.75, 3.05) is 13.1 Å². The standard InChI is InChI=1S/C15H17ClN2O2/c16-13-4-1-11(2-5-13)3-6-14(19)18-9-7-12(8-10-18)15(17)20/h1-6,12H,7-10H2,(H2,17,20)/b6-3+. The highest BCUT2D eigenvalue weighted by Gasteiger charge is 2.24. The Hall–Kier alpha value is -1.81. The molecule has 4 nitrogen and oxygen atoms in total. The van der Waals surface area contributed by atoms with Gasteiger partial charge in [0.1, 0.15) is 0 Å². The maximum atomic E-state index is 12.0. The summed E-state index contributed by atoms with van der Waals surface area (Å²) in [6.45, 7) is 1.16. The zero-order chi connectivity index (χ0) is 14.5. The molecule has 2 N–H and O–H groups in total. The second kappa shape index (κ2) is 6.57. The predicted octanol–water partition coefficient (Wildman–Crippen LogP) is 2.08. The summed E-state index contributed by atoms with van der Waals surface area (Å²) in [5.41, 5.74) is 6.19. The van der Waals surface area contributed by atoms with E-state index in [1.54, 1.807) is 29.2 Å². The van der Waals surface area contributed by atoms with Crippen molar-refractivity contribution >= 4 is 29.5 Å². The van der Waals surface area contributed by atoms with Crippen molar-refractivity contribution in [1.82, 2.24) is 4.90 Å². The Morgan fingerprint density at radius 3 is 2.35 bits per heavy atom. The highest BCUT2D eigenvalue weighted by molar-refractivity contribution is 6.30. The molecule has 1 aliphatic heterocycles. The van der Waals surface area contributed by atoms with Crippen LogP contribution >= 0.6 is 11.6 Å². The number of hydrogen-bond donors (Lipinski definition) is 1. The molecular formula is C15H17ClN2O2. The van der Waals surface area contributed by atoms with E-state index >= 15 is 0 Å². The molecule has 0 spiro atoms. The maximum Gasteiger partial charge on any atom is 0.246 e. The summed E-state index contributed by atoms with van der Waals surface area (Å²) in [6, 6.07) is 7.27. The number of primary amides is 1. The van der Waals surface area contributed by atoms with Gasteiger partial charge >= 0.3 is 0 Å². The summed E-state index contributed by atoms with van der Waals surface area (Å²) in [5.74, 6) is -0.407. The van der Waals surface area contributed by atoms with Gasteiger partial charge < -0.3 is 10.6 Å². The largest absolute Gasteiger partial charge is 0.369 e. The van der Waals surface area contributed by atoms with Crippen molar-refractivity contribution in [1.29, 1.82) is 0 Å². The van der Waals surface area contributed by atoms with Crippen LogP contribution in [0.5, 0.6) is 0 Å². The van der Waals surface area contributed by atoms with Gasteiger partial charge in [0.15, 0.2) is 0 Å². The van der Waals surface area contributed by atoms with Crippen LogP contribution in [0.4, 0.5) is 0 Å². The first kappa shape index (κ1) is 14.6. The minimum absolute atomic E-state index is 0.0390. The smallest absolute Gasteiger partial charge is 0.246 e. The predicted molar refractivity (Wildman–Crippen MR) is 79.0 cm³/mol. The summed E-state index contributed by atoms with van der Waals surface area (Å²) < 4.78 is 0. The van der Waals surface area contributed by atoms with Crippen LogP contribution in [0.3, 0.4) is 0 Å². The van der Waals surface area contributed by atoms with E-state index in [0.29, 0.717) is 31.0 Å². The minimum atomic E-state index is -0.270. The molecule has 0 saturated carbocycles. The van der Waals surface area contributed by atoms with E-state index in [1.807, 2.05) is 12.1 Å². The van der Waals surface area contributed by atoms with Gasteiger partial charge in [0.2, 0.25) is 11.8 Å². The molecule has 5 heteroatoms. The van der Waals surface area contributed by atoms with E-state index < -0.39 is 0 Å². The fourth-order valence-corrected chi connectivity index (χ4v) is 2.36. The average molecular weight is 293 g/mol. The third kappa shape index (κ3) is 3.84. The van der Waals surface area contributed by atoms with Gasteiger partial charge in [-0.25, -0.2) is 0 Å². The average Bonchev–Trinajstić information content (AvgIpc) is 2.46. The summed E-state index contributed by atoms with van der Waals surface area (Å²) in [5, 5.41) is 0.669. The van der Waals surface area contributed by atoms with E-state index in [1.165, 1.54) is 0 Å². The first-order valence-corrected chi connectivity index (χ1v) is 6.96. The molecule has 1 heterocycles. The number of carbonyl (C=O) groups excluding carboxylic acids is 2. The van der Waals surface area contributed by atoms with Crippen LogP contribution in [0.25, 0.3) is 6.08 Å². The maximum absolute atomic E-state index is 12.0. The van der Waals surface area contributed by atoms with Crippen LogP contribution in [0.2, 0.25) is 5.02 Å². The molecule has 0 bridgehead atoms. The second-order valence-electron chi connectivity index (χ2n) is 4.89. The van der Waals surface area contributed by atoms with Crippen molar-refractivity contribution in [3.8, 4) is 0 Å². The van der Waals surface area contributed by atoms with E-state index in [0.717, 1.165) is 5.56 Å². The van der Waals surface area contributed by atoms with Crippen molar-refractivity contribution in [3.05, 3.63) is 40.9 Å². The molecule has 1 fully saturated rings. The highest BCUT2D eigenvalue weighted by Crippen LogP contribution is 2.17. The number of hydrogen-bond acceptors (Lipinski definition) is 2. The first-order valence-electron chi connectivity index (χ1n) is 6.58. The number of piperidine rings is 1. The van der Waals surface area contributed by atoms with Crippen LogP contribution in [0.15, 0.2) is 30.3 Å². The lowest BCUT2D eigenvalue weighted by Crippen LogP contribution is -2.41. The van der Waals surface area contributed by atoms with Crippen molar-refractivity contribution in [2.45, 2.75) is 12.8 Å². The van der Waals surface area contributed by atoms with Crippen LogP contribution < -0.4 is 5.73 Å². The number of nitrogens with two attached hydrogens (primary N) is 1. The zero-order valence-corrected chi connectivity index (χ0v) is 11.8. The van der Waals surface area contributed by atoms with Gasteiger partial charge in [-0.15, -0.1) is 0 Å². The minimum Gasteiger partial charge on any atom is -0.369 e. The van der Waals surface area contributed by atoms with Crippen molar-refractivity contribution in [3.63, 3.8) is 0 Å². The summed E-state index contributed by atoms with van der Waals surface area (Å²) in [7, 11) is 0. The quantitative estimate of drug-likeness (QED) is 0.867. The van der Waals surface area contributed by atoms with Crippen molar-refractivity contribution < 1.29 is 9.59 Å². The van der Waals surface area contributed by atoms with Crippen molar-refractivity contribution in [2.24, 2.45) is 11.7 Å². The molecule has 0 aromatic heterocycles. The van der Waals surface area contributed by atoms with Gasteiger partial charge in [-0.05, 0) is 36.6 Å². The zero-order valence-electron chi connectivity index (χ0n) is 11.1. The van der Waals surface area contributed by atoms with Gasteiger partial charge in [-0.1, -0.05) is 23.7 Å². The van der Waals surface area contributed by atoms with E-state index in [9.17, 15) is 9.59 Å². The van der Waals surface area contributed by atoms with E-state index in [-0.39, 0.29) is 17.7 Å². The lowest BCUT2D eigenvalue weighted by Gasteiger charge is -2.29. The Morgan fingerprint density at radius 1 is 1.20 bits per heavy atom. The second-order valence-corrected chi connectivity index (χ2v) is 5.32. The number of carbonyl (C=O) groups is 2. The Bertz CT molecular complexity index is 517. The summed E-state index contributed by atoms with van der Waals surface area (Å²) in [4.78, 5) is 24.8. The van der Waals surface area contributed by atoms with Crippen LogP contribution in [0, 0.1) is 5.92 Å². The summed E-state index contributed by atoms with van der Waals surface area (Å²) in [6.07, 6.45) is 4.61. The number of benzene rings is 1. The fraction of sp³-hybridized carbons (Fsp3) is 0.333. The van der Waals surface area contributed by atoms with Gasteiger partial charge in [-0.2, -0.15) is 0 Å². The molecule has 1 saturated heterocycles. The molecule has 0 aliphatic carbocycles. The molecule has 20 heavy (non-hydrogen) atoms. The van der Waals surface area contributed by atoms with Crippen LogP contribution in [0.1, 0.15) is 18.4 Å². The Morgan fingerprint density at radius 2 is 1.80 bits per heavy atom. The van der Waals surface area contributed by atoms with Crippen LogP contribution in [-0.4, -0.2) is 29.8 Å². The van der Waals surface area contributed by atoms with Gasteiger partial charge in [0.05, 0.1) is 0 Å². The SMILES string of the molecule is NC(=O)C1CCN(C(=O)/C=C/c2ccc(Cl)cc2)CC1. The molecule has 0 atom stereocenters. The third-order valence-corrected chi connectivity index (χ3v) is 3.75. The Labute approximate surface area is 123 Å². The molecule has 2 rings (SSSR count). The van der Waals surface area contributed by atoms with Gasteiger partial charge in [-0.3, -0.25) is 9.59 Å². The van der Waals surface area contributed by atoms with Crippen LogP contribution in [-0.2, 0) is 9.59 Å². The topological polar surface area (TPSA) is 63.4 Å². The molecular weight excluding hydrogens is 276 g/mol. The van der Waals surface area contributed by atoms with E-state index in [4.69, 9.17) is 17.3 Å². The van der Waals surface area contributed by atoms with E-state index in [2.05, 4.69) is 0 Å². The molecule has 1 aromatic rings. The third-order valence-electron chi connectivity index (χ3n) is 3.50. The number of halogens is 1. The lowest BCUT2D eigenvalue weighted by molar-refractivity contribution is -0.130. The molecule has 106 valence electrons. The molecule has 1 aromatic carbocycles. The Balaban J connectivity index is 1.89. The van der Waals surface area contributed by atoms with Gasteiger partial charge in [0.25, 0.3) is 0 Å². The normalized spacial score (nSPS) is 16.6. The Kier molecular flexibility index (Phi) is 4.79. The molecule has 2 amide bonds.